The molecule has 0 fully saturated rings. The van der Waals surface area contributed by atoms with Gasteiger partial charge in [-0.3, -0.25) is 4.79 Å². The van der Waals surface area contributed by atoms with E-state index in [0.29, 0.717) is 17.0 Å². The SMILES string of the molecule is O=c1[nH]c2ccc(CCCC3CC(c4ccc(C(F)(F)F)cc4)=CCN3)cc2c2ccc(Cl)cc12. The first-order valence-electron chi connectivity index (χ1n) is 11.6. The van der Waals surface area contributed by atoms with Crippen molar-refractivity contribution in [3.63, 3.8) is 0 Å². The zero-order valence-corrected chi connectivity index (χ0v) is 19.6. The largest absolute Gasteiger partial charge is 0.416 e. The average Bonchev–Trinajstić information content (AvgIpc) is 2.84. The predicted octanol–water partition coefficient (Wildman–Crippen LogP) is 7.12. The van der Waals surface area contributed by atoms with E-state index in [-0.39, 0.29) is 11.6 Å². The molecule has 35 heavy (non-hydrogen) atoms. The smallest absolute Gasteiger partial charge is 0.321 e. The van der Waals surface area contributed by atoms with Crippen molar-refractivity contribution >= 4 is 38.8 Å². The highest BCUT2D eigenvalue weighted by Gasteiger charge is 2.30. The fourth-order valence-electron chi connectivity index (χ4n) is 4.84. The minimum Gasteiger partial charge on any atom is -0.321 e. The minimum absolute atomic E-state index is 0.150. The summed E-state index contributed by atoms with van der Waals surface area (Å²) < 4.78 is 38.6. The number of halogens is 4. The molecular formula is C28H24ClF3N2O. The fourth-order valence-corrected chi connectivity index (χ4v) is 5.02. The van der Waals surface area contributed by atoms with E-state index >= 15 is 0 Å². The van der Waals surface area contributed by atoms with Crippen LogP contribution in [-0.4, -0.2) is 17.6 Å². The fraction of sp³-hybridized carbons (Fsp3) is 0.250. The Labute approximate surface area is 205 Å². The number of alkyl halides is 3. The molecule has 0 saturated carbocycles. The number of rotatable bonds is 5. The number of hydrogen-bond acceptors (Lipinski definition) is 2. The molecule has 2 N–H and O–H groups in total. The zero-order chi connectivity index (χ0) is 24.6. The van der Waals surface area contributed by atoms with E-state index in [9.17, 15) is 18.0 Å². The Kier molecular flexibility index (Phi) is 6.43. The van der Waals surface area contributed by atoms with Gasteiger partial charge in [-0.15, -0.1) is 0 Å². The predicted molar refractivity (Wildman–Crippen MR) is 136 cm³/mol. The van der Waals surface area contributed by atoms with Crippen LogP contribution in [0.3, 0.4) is 0 Å². The first-order chi connectivity index (χ1) is 16.8. The van der Waals surface area contributed by atoms with Crippen molar-refractivity contribution in [2.75, 3.05) is 6.54 Å². The van der Waals surface area contributed by atoms with Crippen LogP contribution < -0.4 is 10.9 Å². The summed E-state index contributed by atoms with van der Waals surface area (Å²) in [6.45, 7) is 0.707. The lowest BCUT2D eigenvalue weighted by molar-refractivity contribution is -0.137. The molecule has 1 aromatic heterocycles. The molecule has 0 amide bonds. The maximum atomic E-state index is 12.9. The highest BCUT2D eigenvalue weighted by atomic mass is 35.5. The van der Waals surface area contributed by atoms with Gasteiger partial charge in [-0.2, -0.15) is 13.2 Å². The topological polar surface area (TPSA) is 44.9 Å². The standard InChI is InChI=1S/C28H24ClF3N2O/c29-21-9-10-23-24-14-17(4-11-26(24)34-27(35)25(23)16-21)2-1-3-22-15-19(12-13-33-22)18-5-7-20(8-6-18)28(30,31)32/h4-12,14,16,22,33H,1-3,13,15H2,(H,34,35). The highest BCUT2D eigenvalue weighted by Crippen LogP contribution is 2.32. The summed E-state index contributed by atoms with van der Waals surface area (Å²) in [6, 6.07) is 17.2. The molecule has 3 aromatic carbocycles. The van der Waals surface area contributed by atoms with E-state index in [1.807, 2.05) is 18.2 Å². The molecule has 7 heteroatoms. The monoisotopic (exact) mass is 496 g/mol. The lowest BCUT2D eigenvalue weighted by Gasteiger charge is -2.25. The number of aromatic nitrogens is 1. The van der Waals surface area contributed by atoms with Crippen molar-refractivity contribution in [3.05, 3.63) is 98.8 Å². The average molecular weight is 497 g/mol. The van der Waals surface area contributed by atoms with Crippen molar-refractivity contribution in [3.8, 4) is 0 Å². The van der Waals surface area contributed by atoms with Crippen molar-refractivity contribution in [1.29, 1.82) is 0 Å². The molecule has 5 rings (SSSR count). The second-order valence-electron chi connectivity index (χ2n) is 9.03. The van der Waals surface area contributed by atoms with Gasteiger partial charge in [-0.25, -0.2) is 0 Å². The third kappa shape index (κ3) is 5.14. The van der Waals surface area contributed by atoms with E-state index in [4.69, 9.17) is 11.6 Å². The van der Waals surface area contributed by atoms with Crippen LogP contribution in [0.25, 0.3) is 27.2 Å². The molecule has 1 atom stereocenters. The van der Waals surface area contributed by atoms with Gasteiger partial charge in [0.05, 0.1) is 5.56 Å². The molecule has 2 heterocycles. The molecular weight excluding hydrogens is 473 g/mol. The van der Waals surface area contributed by atoms with E-state index in [1.165, 1.54) is 5.56 Å². The maximum absolute atomic E-state index is 12.9. The number of fused-ring (bicyclic) bond motifs is 3. The van der Waals surface area contributed by atoms with Crippen molar-refractivity contribution in [2.45, 2.75) is 37.9 Å². The minimum atomic E-state index is -4.32. The van der Waals surface area contributed by atoms with Crippen LogP contribution in [0.1, 0.15) is 36.0 Å². The van der Waals surface area contributed by atoms with Crippen LogP contribution in [0.4, 0.5) is 13.2 Å². The van der Waals surface area contributed by atoms with Gasteiger partial charge in [0.2, 0.25) is 0 Å². The van der Waals surface area contributed by atoms with Gasteiger partial charge in [-0.1, -0.05) is 41.9 Å². The number of hydrogen-bond donors (Lipinski definition) is 2. The van der Waals surface area contributed by atoms with Gasteiger partial charge in [0.25, 0.3) is 5.56 Å². The second kappa shape index (κ2) is 9.51. The molecule has 3 nitrogen and oxygen atoms in total. The Hall–Kier alpha value is -3.09. The van der Waals surface area contributed by atoms with Crippen LogP contribution in [-0.2, 0) is 12.6 Å². The van der Waals surface area contributed by atoms with Crippen molar-refractivity contribution < 1.29 is 13.2 Å². The lowest BCUT2D eigenvalue weighted by Crippen LogP contribution is -2.32. The van der Waals surface area contributed by atoms with E-state index < -0.39 is 11.7 Å². The van der Waals surface area contributed by atoms with Crippen LogP contribution in [0.2, 0.25) is 5.02 Å². The molecule has 0 bridgehead atoms. The summed E-state index contributed by atoms with van der Waals surface area (Å²) >= 11 is 6.08. The number of aromatic amines is 1. The Bertz CT molecular complexity index is 1470. The summed E-state index contributed by atoms with van der Waals surface area (Å²) in [5.41, 5.74) is 3.15. The molecule has 0 aliphatic carbocycles. The Morgan fingerprint density at radius 3 is 2.51 bits per heavy atom. The molecule has 1 aliphatic rings. The van der Waals surface area contributed by atoms with E-state index in [1.54, 1.807) is 24.3 Å². The van der Waals surface area contributed by atoms with Crippen LogP contribution in [0.5, 0.6) is 0 Å². The quantitative estimate of drug-likeness (QED) is 0.289. The van der Waals surface area contributed by atoms with E-state index in [2.05, 4.69) is 22.4 Å². The first kappa shape index (κ1) is 23.6. The molecule has 180 valence electrons. The normalized spacial score (nSPS) is 16.6. The number of nitrogens with one attached hydrogen (secondary N) is 2. The molecule has 0 saturated heterocycles. The summed E-state index contributed by atoms with van der Waals surface area (Å²) in [4.78, 5) is 15.3. The number of benzene rings is 3. The van der Waals surface area contributed by atoms with Gasteiger partial charge < -0.3 is 10.3 Å². The number of pyridine rings is 1. The maximum Gasteiger partial charge on any atom is 0.416 e. The van der Waals surface area contributed by atoms with Crippen LogP contribution in [0.15, 0.2) is 71.5 Å². The molecule has 0 radical (unpaired) electrons. The molecule has 4 aromatic rings. The molecule has 1 aliphatic heterocycles. The summed E-state index contributed by atoms with van der Waals surface area (Å²) in [7, 11) is 0. The van der Waals surface area contributed by atoms with Gasteiger partial charge in [0.15, 0.2) is 0 Å². The first-order valence-corrected chi connectivity index (χ1v) is 12.0. The van der Waals surface area contributed by atoms with Crippen molar-refractivity contribution in [2.24, 2.45) is 0 Å². The Morgan fingerprint density at radius 2 is 1.74 bits per heavy atom. The summed E-state index contributed by atoms with van der Waals surface area (Å²) in [6.07, 6.45) is 1.34. The van der Waals surface area contributed by atoms with Gasteiger partial charge in [-0.05, 0) is 84.2 Å². The van der Waals surface area contributed by atoms with Gasteiger partial charge >= 0.3 is 6.18 Å². The summed E-state index contributed by atoms with van der Waals surface area (Å²) in [5.74, 6) is 0. The van der Waals surface area contributed by atoms with Gasteiger partial charge in [0.1, 0.15) is 0 Å². The Morgan fingerprint density at radius 1 is 0.943 bits per heavy atom. The Balaban J connectivity index is 1.25. The lowest BCUT2D eigenvalue weighted by atomic mass is 9.91. The molecule has 1 unspecified atom stereocenters. The number of H-pyrrole nitrogens is 1. The molecule has 0 spiro atoms. The summed E-state index contributed by atoms with van der Waals surface area (Å²) in [5, 5.41) is 6.49. The highest BCUT2D eigenvalue weighted by molar-refractivity contribution is 6.31. The second-order valence-corrected chi connectivity index (χ2v) is 9.47. The number of aryl methyl sites for hydroxylation is 1. The zero-order valence-electron chi connectivity index (χ0n) is 18.9. The van der Waals surface area contributed by atoms with E-state index in [0.717, 1.165) is 65.2 Å². The van der Waals surface area contributed by atoms with Crippen LogP contribution in [0, 0.1) is 0 Å². The third-order valence-corrected chi connectivity index (χ3v) is 6.91. The van der Waals surface area contributed by atoms with Crippen LogP contribution >= 0.6 is 11.6 Å². The van der Waals surface area contributed by atoms with Crippen molar-refractivity contribution in [1.82, 2.24) is 10.3 Å². The third-order valence-electron chi connectivity index (χ3n) is 6.67. The van der Waals surface area contributed by atoms with Gasteiger partial charge in [0, 0.05) is 33.9 Å².